The van der Waals surface area contributed by atoms with Crippen LogP contribution in [0.4, 0.5) is 0 Å². The number of aliphatic hydroxyl groups is 2. The molecule has 0 aromatic carbocycles. The number of carbonyl (C=O) groups excluding carboxylic acids is 2. The van der Waals surface area contributed by atoms with E-state index in [2.05, 4.69) is 74.7 Å². The maximum absolute atomic E-state index is 13.2. The molecule has 6 nitrogen and oxygen atoms in total. The quantitative estimate of drug-likeness (QED) is 0.0322. The summed E-state index contributed by atoms with van der Waals surface area (Å²) in [5.74, 6) is -0.508. The van der Waals surface area contributed by atoms with Gasteiger partial charge in [0.1, 0.15) is 6.10 Å². The molecule has 356 valence electrons. The SMILES string of the molecule is CCCCC/C=C/C=C/CCCCCCCCC(=O)OC(CCCCC/C=C/C=C/CCCCCCCCC)CC(=O)NC(CO)C(O)CCCCCCCCCCCCC. The van der Waals surface area contributed by atoms with Gasteiger partial charge in [-0.15, -0.1) is 0 Å². The molecule has 3 N–H and O–H groups in total. The van der Waals surface area contributed by atoms with Crippen molar-refractivity contribution in [2.75, 3.05) is 6.61 Å². The number of nitrogens with one attached hydrogen (secondary N) is 1. The maximum atomic E-state index is 13.2. The Morgan fingerprint density at radius 2 is 0.820 bits per heavy atom. The molecule has 0 spiro atoms. The molecule has 3 atom stereocenters. The number of ether oxygens (including phenoxy) is 1. The second kappa shape index (κ2) is 48.8. The smallest absolute Gasteiger partial charge is 0.306 e. The van der Waals surface area contributed by atoms with Gasteiger partial charge in [-0.3, -0.25) is 9.59 Å². The minimum atomic E-state index is -0.796. The second-order valence-corrected chi connectivity index (χ2v) is 18.0. The van der Waals surface area contributed by atoms with Gasteiger partial charge in [0.15, 0.2) is 0 Å². The molecule has 0 aliphatic carbocycles. The van der Waals surface area contributed by atoms with Crippen LogP contribution in [0.25, 0.3) is 0 Å². The van der Waals surface area contributed by atoms with Gasteiger partial charge in [-0.05, 0) is 77.0 Å². The number of amides is 1. The Labute approximate surface area is 378 Å². The first-order valence-electron chi connectivity index (χ1n) is 26.4. The summed E-state index contributed by atoms with van der Waals surface area (Å²) in [5, 5.41) is 23.7. The van der Waals surface area contributed by atoms with Gasteiger partial charge in [-0.1, -0.05) is 223 Å². The molecular formula is C55H101NO5. The van der Waals surface area contributed by atoms with Crippen molar-refractivity contribution in [3.63, 3.8) is 0 Å². The third-order valence-electron chi connectivity index (χ3n) is 11.9. The number of rotatable bonds is 47. The topological polar surface area (TPSA) is 95.9 Å². The van der Waals surface area contributed by atoms with Gasteiger partial charge in [-0.2, -0.15) is 0 Å². The molecule has 0 aliphatic rings. The zero-order chi connectivity index (χ0) is 44.5. The molecule has 0 rings (SSSR count). The van der Waals surface area contributed by atoms with Gasteiger partial charge in [0, 0.05) is 6.42 Å². The van der Waals surface area contributed by atoms with E-state index < -0.39 is 18.2 Å². The molecule has 0 saturated carbocycles. The highest BCUT2D eigenvalue weighted by Crippen LogP contribution is 2.17. The summed E-state index contributed by atoms with van der Waals surface area (Å²) >= 11 is 0. The van der Waals surface area contributed by atoms with Crippen LogP contribution >= 0.6 is 0 Å². The Bertz CT molecular complexity index is 1050. The third kappa shape index (κ3) is 44.2. The van der Waals surface area contributed by atoms with E-state index in [-0.39, 0.29) is 24.9 Å². The van der Waals surface area contributed by atoms with Crippen molar-refractivity contribution < 1.29 is 24.5 Å². The number of hydrogen-bond acceptors (Lipinski definition) is 5. The van der Waals surface area contributed by atoms with Gasteiger partial charge in [0.05, 0.1) is 25.2 Å². The van der Waals surface area contributed by atoms with Crippen molar-refractivity contribution in [1.29, 1.82) is 0 Å². The van der Waals surface area contributed by atoms with Crippen LogP contribution in [0.5, 0.6) is 0 Å². The molecule has 0 radical (unpaired) electrons. The Hall–Kier alpha value is -2.18. The average Bonchev–Trinajstić information content (AvgIpc) is 3.25. The third-order valence-corrected chi connectivity index (χ3v) is 11.9. The lowest BCUT2D eigenvalue weighted by Crippen LogP contribution is -2.46. The summed E-state index contributed by atoms with van der Waals surface area (Å²) in [6.07, 6.45) is 58.8. The molecule has 0 aliphatic heterocycles. The van der Waals surface area contributed by atoms with Crippen molar-refractivity contribution in [3.8, 4) is 0 Å². The summed E-state index contributed by atoms with van der Waals surface area (Å²) in [6.45, 7) is 6.44. The van der Waals surface area contributed by atoms with Crippen LogP contribution in [0.2, 0.25) is 0 Å². The van der Waals surface area contributed by atoms with Crippen LogP contribution in [-0.2, 0) is 14.3 Å². The molecule has 0 heterocycles. The van der Waals surface area contributed by atoms with Gasteiger partial charge >= 0.3 is 5.97 Å². The van der Waals surface area contributed by atoms with Crippen LogP contribution in [-0.4, -0.2) is 46.9 Å². The highest BCUT2D eigenvalue weighted by Gasteiger charge is 2.24. The molecule has 0 saturated heterocycles. The lowest BCUT2D eigenvalue weighted by molar-refractivity contribution is -0.151. The fraction of sp³-hybridized carbons (Fsp3) is 0.818. The summed E-state index contributed by atoms with van der Waals surface area (Å²) in [6, 6.07) is -0.712. The molecule has 3 unspecified atom stereocenters. The van der Waals surface area contributed by atoms with Crippen molar-refractivity contribution >= 4 is 11.9 Å². The molecule has 61 heavy (non-hydrogen) atoms. The van der Waals surface area contributed by atoms with E-state index in [0.29, 0.717) is 19.3 Å². The molecule has 1 amide bonds. The van der Waals surface area contributed by atoms with Crippen molar-refractivity contribution in [1.82, 2.24) is 5.32 Å². The molecule has 0 fully saturated rings. The lowest BCUT2D eigenvalue weighted by Gasteiger charge is -2.24. The zero-order valence-corrected chi connectivity index (χ0v) is 40.5. The fourth-order valence-corrected chi connectivity index (χ4v) is 7.88. The van der Waals surface area contributed by atoms with Crippen LogP contribution in [0, 0.1) is 0 Å². The number of hydrogen-bond donors (Lipinski definition) is 3. The predicted octanol–water partition coefficient (Wildman–Crippen LogP) is 15.8. The Balaban J connectivity index is 4.65. The van der Waals surface area contributed by atoms with E-state index in [1.807, 2.05) is 0 Å². The normalized spacial score (nSPS) is 13.6. The van der Waals surface area contributed by atoms with Gasteiger partial charge < -0.3 is 20.3 Å². The summed E-state index contributed by atoms with van der Waals surface area (Å²) in [5.41, 5.74) is 0. The summed E-state index contributed by atoms with van der Waals surface area (Å²) in [7, 11) is 0. The number of esters is 1. The van der Waals surface area contributed by atoms with E-state index in [1.165, 1.54) is 141 Å². The Kier molecular flexibility index (Phi) is 47.1. The number of allylic oxidation sites excluding steroid dienone is 8. The zero-order valence-electron chi connectivity index (χ0n) is 40.5. The first kappa shape index (κ1) is 58.8. The van der Waals surface area contributed by atoms with Crippen LogP contribution < -0.4 is 5.32 Å². The second-order valence-electron chi connectivity index (χ2n) is 18.0. The van der Waals surface area contributed by atoms with Crippen molar-refractivity contribution in [2.45, 2.75) is 283 Å². The van der Waals surface area contributed by atoms with Crippen molar-refractivity contribution in [2.24, 2.45) is 0 Å². The molecule has 0 bridgehead atoms. The van der Waals surface area contributed by atoms with E-state index in [1.54, 1.807) is 0 Å². The lowest BCUT2D eigenvalue weighted by atomic mass is 10.0. The number of carbonyl (C=O) groups is 2. The van der Waals surface area contributed by atoms with Crippen molar-refractivity contribution in [3.05, 3.63) is 48.6 Å². The number of aliphatic hydroxyl groups excluding tert-OH is 2. The van der Waals surface area contributed by atoms with Crippen LogP contribution in [0.1, 0.15) is 265 Å². The largest absolute Gasteiger partial charge is 0.462 e. The fourth-order valence-electron chi connectivity index (χ4n) is 7.88. The molecule has 0 aromatic heterocycles. The Morgan fingerprint density at radius 1 is 0.475 bits per heavy atom. The minimum absolute atomic E-state index is 0.0555. The molecule has 0 aromatic rings. The minimum Gasteiger partial charge on any atom is -0.462 e. The van der Waals surface area contributed by atoms with Crippen LogP contribution in [0.15, 0.2) is 48.6 Å². The number of unbranched alkanes of at least 4 members (excludes halogenated alkanes) is 29. The van der Waals surface area contributed by atoms with E-state index in [0.717, 1.165) is 77.0 Å². The highest BCUT2D eigenvalue weighted by molar-refractivity contribution is 5.77. The standard InChI is InChI=1S/C55H101NO5/c1-4-7-10-13-16-19-22-24-26-28-29-32-34-37-40-43-46-51(61-55(60)48-45-42-39-36-33-30-27-25-23-20-17-14-11-8-5-2)49-54(59)56-52(50-57)53(58)47-44-41-38-35-31-21-18-15-12-9-6-3/h17,20,23,25-26,28-29,32,51-53,57-58H,4-16,18-19,21-22,24,27,30-31,33-50H2,1-3H3,(H,56,59)/b20-17+,25-23+,28-26+,32-29+. The average molecular weight is 856 g/mol. The highest BCUT2D eigenvalue weighted by atomic mass is 16.5. The Morgan fingerprint density at radius 3 is 1.26 bits per heavy atom. The molecular weight excluding hydrogens is 755 g/mol. The van der Waals surface area contributed by atoms with E-state index in [9.17, 15) is 19.8 Å². The van der Waals surface area contributed by atoms with Gasteiger partial charge in [0.2, 0.25) is 5.91 Å². The molecule has 6 heteroatoms. The van der Waals surface area contributed by atoms with Gasteiger partial charge in [0.25, 0.3) is 0 Å². The van der Waals surface area contributed by atoms with Crippen LogP contribution in [0.3, 0.4) is 0 Å². The van der Waals surface area contributed by atoms with Gasteiger partial charge in [-0.25, -0.2) is 0 Å². The maximum Gasteiger partial charge on any atom is 0.306 e. The summed E-state index contributed by atoms with van der Waals surface area (Å²) < 4.78 is 5.92. The monoisotopic (exact) mass is 856 g/mol. The first-order valence-corrected chi connectivity index (χ1v) is 26.4. The van der Waals surface area contributed by atoms with E-state index >= 15 is 0 Å². The summed E-state index contributed by atoms with van der Waals surface area (Å²) in [4.78, 5) is 26.1. The van der Waals surface area contributed by atoms with E-state index in [4.69, 9.17) is 4.74 Å². The first-order chi connectivity index (χ1) is 30.0. The predicted molar refractivity (Wildman–Crippen MR) is 264 cm³/mol.